The first kappa shape index (κ1) is 14.1. The van der Waals surface area contributed by atoms with Gasteiger partial charge in [-0.05, 0) is 36.8 Å². The molecule has 1 N–H and O–H groups in total. The molecular weight excluding hydrogens is 280 g/mol. The van der Waals surface area contributed by atoms with Crippen LogP contribution in [0.1, 0.15) is 11.5 Å². The third-order valence-electron chi connectivity index (χ3n) is 3.13. The summed E-state index contributed by atoms with van der Waals surface area (Å²) in [5.41, 5.74) is 2.58. The number of benzene rings is 2. The number of para-hydroxylation sites is 2. The zero-order valence-corrected chi connectivity index (χ0v) is 12.2. The first-order chi connectivity index (χ1) is 10.7. The van der Waals surface area contributed by atoms with Gasteiger partial charge in [-0.1, -0.05) is 24.3 Å². The first-order valence-corrected chi connectivity index (χ1v) is 7.01. The molecule has 22 heavy (non-hydrogen) atoms. The van der Waals surface area contributed by atoms with Crippen LogP contribution in [0, 0.1) is 6.92 Å². The van der Waals surface area contributed by atoms with E-state index in [1.54, 1.807) is 0 Å². The van der Waals surface area contributed by atoms with Crippen LogP contribution in [0.25, 0.3) is 11.1 Å². The average Bonchev–Trinajstić information content (AvgIpc) is 2.94. The van der Waals surface area contributed by atoms with E-state index in [2.05, 4.69) is 10.3 Å². The van der Waals surface area contributed by atoms with Crippen LogP contribution in [0.2, 0.25) is 0 Å². The number of nitrogens with zero attached hydrogens (tertiary/aromatic N) is 1. The van der Waals surface area contributed by atoms with Crippen molar-refractivity contribution in [3.63, 3.8) is 0 Å². The SMILES string of the molecule is Cc1cccc(OCC(=O)NCc2nc3ccccc3o2)c1. The van der Waals surface area contributed by atoms with E-state index in [1.165, 1.54) is 0 Å². The van der Waals surface area contributed by atoms with Crippen molar-refractivity contribution in [1.29, 1.82) is 0 Å². The molecule has 0 atom stereocenters. The predicted octanol–water partition coefficient (Wildman–Crippen LogP) is 2.83. The Kier molecular flexibility index (Phi) is 4.05. The highest BCUT2D eigenvalue weighted by Gasteiger charge is 2.07. The number of aromatic nitrogens is 1. The summed E-state index contributed by atoms with van der Waals surface area (Å²) in [6.07, 6.45) is 0. The molecule has 0 radical (unpaired) electrons. The number of hydrogen-bond donors (Lipinski definition) is 1. The quantitative estimate of drug-likeness (QED) is 0.786. The summed E-state index contributed by atoms with van der Waals surface area (Å²) in [6, 6.07) is 15.0. The molecule has 0 spiro atoms. The number of nitrogens with one attached hydrogen (secondary N) is 1. The number of fused-ring (bicyclic) bond motifs is 1. The summed E-state index contributed by atoms with van der Waals surface area (Å²) in [5, 5.41) is 2.72. The lowest BCUT2D eigenvalue weighted by Gasteiger charge is -2.06. The molecule has 0 saturated carbocycles. The number of oxazole rings is 1. The van der Waals surface area contributed by atoms with Crippen LogP contribution < -0.4 is 10.1 Å². The van der Waals surface area contributed by atoms with Gasteiger partial charge in [0.15, 0.2) is 12.2 Å². The van der Waals surface area contributed by atoms with E-state index >= 15 is 0 Å². The van der Waals surface area contributed by atoms with Crippen molar-refractivity contribution in [3.8, 4) is 5.75 Å². The van der Waals surface area contributed by atoms with Crippen LogP contribution in [0.5, 0.6) is 5.75 Å². The second kappa shape index (κ2) is 6.30. The lowest BCUT2D eigenvalue weighted by atomic mass is 10.2. The van der Waals surface area contributed by atoms with Gasteiger partial charge in [0.05, 0.1) is 6.54 Å². The Morgan fingerprint density at radius 1 is 1.23 bits per heavy atom. The maximum atomic E-state index is 11.8. The molecule has 3 rings (SSSR count). The number of amides is 1. The first-order valence-electron chi connectivity index (χ1n) is 7.01. The molecule has 1 aromatic heterocycles. The number of carbonyl (C=O) groups excluding carboxylic acids is 1. The topological polar surface area (TPSA) is 64.4 Å². The second-order valence-electron chi connectivity index (χ2n) is 4.96. The van der Waals surface area contributed by atoms with E-state index < -0.39 is 0 Å². The van der Waals surface area contributed by atoms with Gasteiger partial charge in [0.25, 0.3) is 5.91 Å². The van der Waals surface area contributed by atoms with Crippen molar-refractivity contribution >= 4 is 17.0 Å². The number of ether oxygens (including phenoxy) is 1. The smallest absolute Gasteiger partial charge is 0.258 e. The Bertz CT molecular complexity index is 762. The van der Waals surface area contributed by atoms with Gasteiger partial charge in [0, 0.05) is 0 Å². The van der Waals surface area contributed by atoms with Gasteiger partial charge in [-0.3, -0.25) is 4.79 Å². The maximum Gasteiger partial charge on any atom is 0.258 e. The van der Waals surface area contributed by atoms with Gasteiger partial charge in [-0.15, -0.1) is 0 Å². The molecule has 5 nitrogen and oxygen atoms in total. The highest BCUT2D eigenvalue weighted by atomic mass is 16.5. The molecule has 112 valence electrons. The molecule has 0 aliphatic rings. The van der Waals surface area contributed by atoms with Crippen LogP contribution in [0.15, 0.2) is 52.9 Å². The summed E-state index contributed by atoms with van der Waals surface area (Å²) in [5.74, 6) is 0.936. The molecule has 0 unspecified atom stereocenters. The Hall–Kier alpha value is -2.82. The molecule has 2 aromatic carbocycles. The monoisotopic (exact) mass is 296 g/mol. The van der Waals surface area contributed by atoms with Crippen LogP contribution in [0.3, 0.4) is 0 Å². The van der Waals surface area contributed by atoms with E-state index in [0.29, 0.717) is 17.2 Å². The lowest BCUT2D eigenvalue weighted by Crippen LogP contribution is -2.28. The van der Waals surface area contributed by atoms with Gasteiger partial charge >= 0.3 is 0 Å². The van der Waals surface area contributed by atoms with Crippen molar-refractivity contribution < 1.29 is 13.9 Å². The van der Waals surface area contributed by atoms with Crippen molar-refractivity contribution in [2.75, 3.05) is 6.61 Å². The fourth-order valence-corrected chi connectivity index (χ4v) is 2.07. The summed E-state index contributed by atoms with van der Waals surface area (Å²) >= 11 is 0. The zero-order valence-electron chi connectivity index (χ0n) is 12.2. The van der Waals surface area contributed by atoms with Crippen molar-refractivity contribution in [2.45, 2.75) is 13.5 Å². The number of aryl methyl sites for hydroxylation is 1. The summed E-state index contributed by atoms with van der Waals surface area (Å²) < 4.78 is 11.0. The minimum atomic E-state index is -0.219. The Morgan fingerprint density at radius 2 is 2.09 bits per heavy atom. The van der Waals surface area contributed by atoms with E-state index in [1.807, 2.05) is 55.5 Å². The highest BCUT2D eigenvalue weighted by Crippen LogP contribution is 2.14. The predicted molar refractivity (Wildman–Crippen MR) is 82.5 cm³/mol. The Labute approximate surface area is 127 Å². The van der Waals surface area contributed by atoms with Gasteiger partial charge in [-0.25, -0.2) is 4.98 Å². The van der Waals surface area contributed by atoms with Gasteiger partial charge in [0.1, 0.15) is 11.3 Å². The minimum absolute atomic E-state index is 0.0380. The van der Waals surface area contributed by atoms with E-state index in [0.717, 1.165) is 11.1 Å². The zero-order chi connectivity index (χ0) is 15.4. The highest BCUT2D eigenvalue weighted by molar-refractivity contribution is 5.77. The normalized spacial score (nSPS) is 10.6. The van der Waals surface area contributed by atoms with Crippen LogP contribution in [0.4, 0.5) is 0 Å². The largest absolute Gasteiger partial charge is 0.484 e. The Morgan fingerprint density at radius 3 is 2.91 bits per heavy atom. The summed E-state index contributed by atoms with van der Waals surface area (Å²) in [7, 11) is 0. The molecular formula is C17H16N2O3. The van der Waals surface area contributed by atoms with Crippen molar-refractivity contribution in [3.05, 3.63) is 60.0 Å². The fraction of sp³-hybridized carbons (Fsp3) is 0.176. The Balaban J connectivity index is 1.51. The van der Waals surface area contributed by atoms with Crippen molar-refractivity contribution in [2.24, 2.45) is 0 Å². The lowest BCUT2D eigenvalue weighted by molar-refractivity contribution is -0.123. The van der Waals surface area contributed by atoms with Crippen LogP contribution in [-0.2, 0) is 11.3 Å². The molecule has 1 heterocycles. The molecule has 0 saturated heterocycles. The summed E-state index contributed by atoms with van der Waals surface area (Å²) in [6.45, 7) is 2.18. The van der Waals surface area contributed by atoms with Crippen LogP contribution in [-0.4, -0.2) is 17.5 Å². The molecule has 0 aliphatic heterocycles. The van der Waals surface area contributed by atoms with E-state index in [9.17, 15) is 4.79 Å². The summed E-state index contributed by atoms with van der Waals surface area (Å²) in [4.78, 5) is 16.1. The minimum Gasteiger partial charge on any atom is -0.484 e. The third-order valence-corrected chi connectivity index (χ3v) is 3.13. The third kappa shape index (κ3) is 3.44. The number of rotatable bonds is 5. The molecule has 0 bridgehead atoms. The standard InChI is InChI=1S/C17H16N2O3/c1-12-5-4-6-13(9-12)21-11-16(20)18-10-17-19-14-7-2-3-8-15(14)22-17/h2-9H,10-11H2,1H3,(H,18,20). The van der Waals surface area contributed by atoms with Gasteiger partial charge in [-0.2, -0.15) is 0 Å². The van der Waals surface area contributed by atoms with E-state index in [4.69, 9.17) is 9.15 Å². The second-order valence-corrected chi connectivity index (χ2v) is 4.96. The van der Waals surface area contributed by atoms with Gasteiger partial charge in [0.2, 0.25) is 5.89 Å². The van der Waals surface area contributed by atoms with Gasteiger partial charge < -0.3 is 14.5 Å². The number of carbonyl (C=O) groups is 1. The molecule has 3 aromatic rings. The van der Waals surface area contributed by atoms with Crippen molar-refractivity contribution in [1.82, 2.24) is 10.3 Å². The number of hydrogen-bond acceptors (Lipinski definition) is 4. The van der Waals surface area contributed by atoms with E-state index in [-0.39, 0.29) is 19.1 Å². The van der Waals surface area contributed by atoms with Crippen LogP contribution >= 0.6 is 0 Å². The molecule has 0 fully saturated rings. The average molecular weight is 296 g/mol. The molecule has 0 aliphatic carbocycles. The molecule has 1 amide bonds. The maximum absolute atomic E-state index is 11.8. The fourth-order valence-electron chi connectivity index (χ4n) is 2.07. The molecule has 5 heteroatoms.